The number of amides is 1. The maximum Gasteiger partial charge on any atom is 0.410 e. The smallest absolute Gasteiger partial charge is 0.410 e. The van der Waals surface area contributed by atoms with Gasteiger partial charge in [-0.15, -0.1) is 0 Å². The lowest BCUT2D eigenvalue weighted by molar-refractivity contribution is 0.0139. The average Bonchev–Trinajstić information content (AvgIpc) is 2.90. The Kier molecular flexibility index (Phi) is 4.62. The molecule has 1 amide bonds. The molecule has 2 fully saturated rings. The monoisotopic (exact) mass is 316 g/mol. The summed E-state index contributed by atoms with van der Waals surface area (Å²) in [6.45, 7) is 9.77. The van der Waals surface area contributed by atoms with Gasteiger partial charge in [0, 0.05) is 32.2 Å². The van der Waals surface area contributed by atoms with E-state index in [1.807, 2.05) is 25.7 Å². The number of carbonyl (C=O) groups is 1. The summed E-state index contributed by atoms with van der Waals surface area (Å²) in [5.74, 6) is 0.583. The molecule has 0 saturated carbocycles. The van der Waals surface area contributed by atoms with Crippen LogP contribution in [0.25, 0.3) is 0 Å². The molecule has 2 saturated heterocycles. The molecule has 2 aliphatic heterocycles. The number of benzene rings is 1. The summed E-state index contributed by atoms with van der Waals surface area (Å²) in [6.07, 6.45) is 2.01. The van der Waals surface area contributed by atoms with E-state index in [2.05, 4.69) is 35.2 Å². The van der Waals surface area contributed by atoms with Crippen molar-refractivity contribution in [1.82, 2.24) is 9.80 Å². The van der Waals surface area contributed by atoms with Gasteiger partial charge in [0.2, 0.25) is 0 Å². The Morgan fingerprint density at radius 3 is 2.61 bits per heavy atom. The number of hydrogen-bond acceptors (Lipinski definition) is 3. The lowest BCUT2D eigenvalue weighted by atomic mass is 9.92. The molecule has 4 nitrogen and oxygen atoms in total. The Hall–Kier alpha value is -1.55. The van der Waals surface area contributed by atoms with E-state index in [4.69, 9.17) is 4.74 Å². The number of nitrogens with zero attached hydrogens (tertiary/aromatic N) is 2. The number of piperidine rings is 1. The van der Waals surface area contributed by atoms with Crippen molar-refractivity contribution in [1.29, 1.82) is 0 Å². The minimum Gasteiger partial charge on any atom is -0.444 e. The van der Waals surface area contributed by atoms with E-state index in [-0.39, 0.29) is 6.09 Å². The van der Waals surface area contributed by atoms with Gasteiger partial charge in [-0.25, -0.2) is 4.79 Å². The molecule has 0 unspecified atom stereocenters. The molecular weight excluding hydrogens is 288 g/mol. The van der Waals surface area contributed by atoms with Crippen LogP contribution in [0.5, 0.6) is 0 Å². The number of fused-ring (bicyclic) bond motifs is 1. The summed E-state index contributed by atoms with van der Waals surface area (Å²) in [4.78, 5) is 16.9. The highest BCUT2D eigenvalue weighted by molar-refractivity contribution is 5.69. The van der Waals surface area contributed by atoms with Crippen LogP contribution in [0, 0.1) is 5.92 Å². The summed E-state index contributed by atoms with van der Waals surface area (Å²) in [5, 5.41) is 0. The fourth-order valence-electron chi connectivity index (χ4n) is 3.79. The molecular formula is C19H28N2O2. The van der Waals surface area contributed by atoms with Crippen molar-refractivity contribution in [2.24, 2.45) is 5.92 Å². The third kappa shape index (κ3) is 4.05. The lowest BCUT2D eigenvalue weighted by Crippen LogP contribution is -2.48. The second-order valence-electron chi connectivity index (χ2n) is 7.80. The molecule has 0 N–H and O–H groups in total. The number of hydrogen-bond donors (Lipinski definition) is 0. The largest absolute Gasteiger partial charge is 0.444 e. The summed E-state index contributed by atoms with van der Waals surface area (Å²) < 4.78 is 5.57. The topological polar surface area (TPSA) is 32.8 Å². The van der Waals surface area contributed by atoms with E-state index in [1.54, 1.807) is 0 Å². The molecule has 0 bridgehead atoms. The molecule has 0 aromatic heterocycles. The van der Waals surface area contributed by atoms with Crippen molar-refractivity contribution < 1.29 is 9.53 Å². The standard InChI is InChI=1S/C19H28N2O2/c1-19(2,3)23-18(22)21-12-9-16-14-20(11-10-17(16)21)13-15-7-5-4-6-8-15/h4-8,16-17H,9-14H2,1-3H3/t16-,17-/m1/s1. The molecule has 2 atom stereocenters. The van der Waals surface area contributed by atoms with Crippen molar-refractivity contribution >= 4 is 6.09 Å². The van der Waals surface area contributed by atoms with Gasteiger partial charge < -0.3 is 9.64 Å². The van der Waals surface area contributed by atoms with Crippen LogP contribution in [0.3, 0.4) is 0 Å². The third-order valence-electron chi connectivity index (χ3n) is 4.80. The first-order valence-corrected chi connectivity index (χ1v) is 8.68. The van der Waals surface area contributed by atoms with Crippen LogP contribution in [0.1, 0.15) is 39.2 Å². The zero-order valence-corrected chi connectivity index (χ0v) is 14.5. The van der Waals surface area contributed by atoms with Gasteiger partial charge in [-0.05, 0) is 45.1 Å². The summed E-state index contributed by atoms with van der Waals surface area (Å²) in [5.41, 5.74) is 0.955. The Balaban J connectivity index is 1.57. The van der Waals surface area contributed by atoms with Crippen LogP contribution in [0.15, 0.2) is 30.3 Å². The highest BCUT2D eigenvalue weighted by Gasteiger charge is 2.41. The molecule has 126 valence electrons. The highest BCUT2D eigenvalue weighted by atomic mass is 16.6. The minimum atomic E-state index is -0.414. The first kappa shape index (κ1) is 16.3. The maximum atomic E-state index is 12.4. The van der Waals surface area contributed by atoms with Gasteiger partial charge in [0.05, 0.1) is 0 Å². The molecule has 0 spiro atoms. The van der Waals surface area contributed by atoms with Crippen LogP contribution in [-0.2, 0) is 11.3 Å². The van der Waals surface area contributed by atoms with E-state index in [0.29, 0.717) is 12.0 Å². The summed E-state index contributed by atoms with van der Waals surface area (Å²) in [7, 11) is 0. The van der Waals surface area contributed by atoms with Gasteiger partial charge in [0.1, 0.15) is 5.60 Å². The average molecular weight is 316 g/mol. The first-order chi connectivity index (χ1) is 10.9. The molecule has 1 aromatic carbocycles. The summed E-state index contributed by atoms with van der Waals surface area (Å²) in [6, 6.07) is 11.0. The fraction of sp³-hybridized carbons (Fsp3) is 0.632. The van der Waals surface area contributed by atoms with Gasteiger partial charge in [0.15, 0.2) is 0 Å². The summed E-state index contributed by atoms with van der Waals surface area (Å²) >= 11 is 0. The molecule has 2 aliphatic rings. The molecule has 1 aromatic rings. The zero-order chi connectivity index (χ0) is 16.4. The van der Waals surface area contributed by atoms with Gasteiger partial charge in [0.25, 0.3) is 0 Å². The van der Waals surface area contributed by atoms with Crippen molar-refractivity contribution in [3.8, 4) is 0 Å². The van der Waals surface area contributed by atoms with Gasteiger partial charge >= 0.3 is 6.09 Å². The van der Waals surface area contributed by atoms with E-state index in [9.17, 15) is 4.79 Å². The molecule has 2 heterocycles. The maximum absolute atomic E-state index is 12.4. The normalized spacial score (nSPS) is 25.3. The number of rotatable bonds is 2. The van der Waals surface area contributed by atoms with Gasteiger partial charge in [-0.1, -0.05) is 30.3 Å². The Morgan fingerprint density at radius 1 is 1.17 bits per heavy atom. The van der Waals surface area contributed by atoms with Crippen LogP contribution in [0.2, 0.25) is 0 Å². The van der Waals surface area contributed by atoms with Crippen molar-refractivity contribution in [2.45, 2.75) is 51.8 Å². The molecule has 0 radical (unpaired) electrons. The Labute approximate surface area is 139 Å². The number of carbonyl (C=O) groups excluding carboxylic acids is 1. The fourth-order valence-corrected chi connectivity index (χ4v) is 3.79. The zero-order valence-electron chi connectivity index (χ0n) is 14.5. The molecule has 4 heteroatoms. The van der Waals surface area contributed by atoms with Crippen LogP contribution < -0.4 is 0 Å². The molecule has 3 rings (SSSR count). The Morgan fingerprint density at radius 2 is 1.91 bits per heavy atom. The second-order valence-corrected chi connectivity index (χ2v) is 7.80. The second kappa shape index (κ2) is 6.52. The van der Waals surface area contributed by atoms with Crippen LogP contribution in [0.4, 0.5) is 4.79 Å². The predicted octanol–water partition coefficient (Wildman–Crippen LogP) is 3.52. The van der Waals surface area contributed by atoms with Crippen molar-refractivity contribution in [2.75, 3.05) is 19.6 Å². The lowest BCUT2D eigenvalue weighted by Gasteiger charge is -2.38. The minimum absolute atomic E-state index is 0.137. The molecule has 0 aliphatic carbocycles. The first-order valence-electron chi connectivity index (χ1n) is 8.68. The van der Waals surface area contributed by atoms with Gasteiger partial charge in [-0.3, -0.25) is 4.90 Å². The van der Waals surface area contributed by atoms with Crippen molar-refractivity contribution in [3.05, 3.63) is 35.9 Å². The highest BCUT2D eigenvalue weighted by Crippen LogP contribution is 2.33. The quantitative estimate of drug-likeness (QED) is 0.837. The molecule has 23 heavy (non-hydrogen) atoms. The van der Waals surface area contributed by atoms with E-state index >= 15 is 0 Å². The Bertz CT molecular complexity index is 538. The van der Waals surface area contributed by atoms with E-state index in [1.165, 1.54) is 5.56 Å². The number of likely N-dealkylation sites (tertiary alicyclic amines) is 2. The van der Waals surface area contributed by atoms with E-state index < -0.39 is 5.60 Å². The van der Waals surface area contributed by atoms with E-state index in [0.717, 1.165) is 39.0 Å². The van der Waals surface area contributed by atoms with Crippen molar-refractivity contribution in [3.63, 3.8) is 0 Å². The third-order valence-corrected chi connectivity index (χ3v) is 4.80. The van der Waals surface area contributed by atoms with Crippen LogP contribution in [-0.4, -0.2) is 47.2 Å². The van der Waals surface area contributed by atoms with Crippen LogP contribution >= 0.6 is 0 Å². The SMILES string of the molecule is CC(C)(C)OC(=O)N1CC[C@@H]2CN(Cc3ccccc3)CC[C@H]21. The number of ether oxygens (including phenoxy) is 1. The van der Waals surface area contributed by atoms with Gasteiger partial charge in [-0.2, -0.15) is 0 Å². The predicted molar refractivity (Wildman–Crippen MR) is 91.2 cm³/mol.